The van der Waals surface area contributed by atoms with Crippen molar-refractivity contribution in [2.45, 2.75) is 297 Å². The first kappa shape index (κ1) is 60.1. The predicted molar refractivity (Wildman–Crippen MR) is 270 cm³/mol. The largest absolute Gasteiger partial charge is 0.462 e. The van der Waals surface area contributed by atoms with Gasteiger partial charge in [-0.05, 0) is 77.0 Å². The minimum atomic E-state index is -0.541. The number of hydrogen-bond donors (Lipinski definition) is 0. The van der Waals surface area contributed by atoms with Crippen LogP contribution in [0.1, 0.15) is 290 Å². The molecule has 0 radical (unpaired) electrons. The molecular weight excluding hydrogens is 765 g/mol. The first-order chi connectivity index (χ1) is 30.6. The summed E-state index contributed by atoms with van der Waals surface area (Å²) in [5, 5.41) is 0. The molecule has 5 nitrogen and oxygen atoms in total. The number of allylic oxidation sites excluding steroid dienone is 6. The van der Waals surface area contributed by atoms with Crippen LogP contribution in [0.4, 0.5) is 0 Å². The highest BCUT2D eigenvalue weighted by molar-refractivity contribution is 5.70. The Morgan fingerprint density at radius 3 is 1.11 bits per heavy atom. The second-order valence-electron chi connectivity index (χ2n) is 18.5. The molecule has 62 heavy (non-hydrogen) atoms. The molecule has 0 aromatic heterocycles. The summed E-state index contributed by atoms with van der Waals surface area (Å²) >= 11 is 0. The zero-order valence-electron chi connectivity index (χ0n) is 41.9. The maximum atomic E-state index is 12.8. The van der Waals surface area contributed by atoms with Gasteiger partial charge in [-0.15, -0.1) is 0 Å². The molecule has 0 aromatic rings. The molecule has 0 saturated carbocycles. The fraction of sp³-hybridized carbons (Fsp3) is 0.860. The fourth-order valence-electron chi connectivity index (χ4n) is 8.01. The van der Waals surface area contributed by atoms with E-state index in [0.717, 1.165) is 64.2 Å². The zero-order chi connectivity index (χ0) is 44.9. The topological polar surface area (TPSA) is 61.8 Å². The van der Waals surface area contributed by atoms with Gasteiger partial charge in [0.05, 0.1) is 6.61 Å². The molecular formula is C57H106O5. The van der Waals surface area contributed by atoms with Gasteiger partial charge < -0.3 is 14.2 Å². The lowest BCUT2D eigenvalue weighted by Crippen LogP contribution is -2.30. The summed E-state index contributed by atoms with van der Waals surface area (Å²) in [6.45, 7) is 7.83. The van der Waals surface area contributed by atoms with Crippen molar-refractivity contribution >= 4 is 11.9 Å². The number of carbonyl (C=O) groups is 2. The lowest BCUT2D eigenvalue weighted by atomic mass is 10.0. The first-order valence-electron chi connectivity index (χ1n) is 27.5. The fourth-order valence-corrected chi connectivity index (χ4v) is 8.01. The van der Waals surface area contributed by atoms with Gasteiger partial charge in [-0.3, -0.25) is 9.59 Å². The van der Waals surface area contributed by atoms with Crippen LogP contribution < -0.4 is 0 Å². The number of esters is 2. The quantitative estimate of drug-likeness (QED) is 0.0346. The predicted octanol–water partition coefficient (Wildman–Crippen LogP) is 18.6. The molecule has 0 rings (SSSR count). The third-order valence-corrected chi connectivity index (χ3v) is 12.1. The molecule has 0 aromatic carbocycles. The highest BCUT2D eigenvalue weighted by Crippen LogP contribution is 2.15. The van der Waals surface area contributed by atoms with Crippen molar-refractivity contribution in [1.82, 2.24) is 0 Å². The van der Waals surface area contributed by atoms with E-state index in [1.165, 1.54) is 193 Å². The van der Waals surface area contributed by atoms with Crippen LogP contribution in [0.3, 0.4) is 0 Å². The van der Waals surface area contributed by atoms with Gasteiger partial charge in [-0.25, -0.2) is 0 Å². The van der Waals surface area contributed by atoms with Crippen LogP contribution in [0, 0.1) is 0 Å². The Balaban J connectivity index is 4.27. The van der Waals surface area contributed by atoms with E-state index in [1.54, 1.807) is 0 Å². The summed E-state index contributed by atoms with van der Waals surface area (Å²) in [5.74, 6) is -0.407. The van der Waals surface area contributed by atoms with Gasteiger partial charge in [-0.2, -0.15) is 0 Å². The molecule has 0 bridgehead atoms. The average Bonchev–Trinajstić information content (AvgIpc) is 3.27. The van der Waals surface area contributed by atoms with E-state index in [-0.39, 0.29) is 25.2 Å². The Morgan fingerprint density at radius 2 is 0.677 bits per heavy atom. The second-order valence-corrected chi connectivity index (χ2v) is 18.5. The molecule has 0 heterocycles. The van der Waals surface area contributed by atoms with Gasteiger partial charge in [0.25, 0.3) is 0 Å². The molecule has 0 aliphatic carbocycles. The summed E-state index contributed by atoms with van der Waals surface area (Å²) in [4.78, 5) is 25.4. The highest BCUT2D eigenvalue weighted by atomic mass is 16.6. The Kier molecular flexibility index (Phi) is 51.8. The molecule has 0 saturated heterocycles. The van der Waals surface area contributed by atoms with E-state index in [1.807, 2.05) is 0 Å². The summed E-state index contributed by atoms with van der Waals surface area (Å²) in [6, 6.07) is 0. The molecule has 0 spiro atoms. The highest BCUT2D eigenvalue weighted by Gasteiger charge is 2.17. The molecule has 0 N–H and O–H groups in total. The minimum Gasteiger partial charge on any atom is -0.462 e. The van der Waals surface area contributed by atoms with Gasteiger partial charge in [0, 0.05) is 19.4 Å². The van der Waals surface area contributed by atoms with Crippen LogP contribution in [0.15, 0.2) is 36.5 Å². The molecule has 0 fully saturated rings. The monoisotopic (exact) mass is 871 g/mol. The van der Waals surface area contributed by atoms with Crippen LogP contribution in [0.5, 0.6) is 0 Å². The number of rotatable bonds is 51. The summed E-state index contributed by atoms with van der Waals surface area (Å²) in [7, 11) is 0. The van der Waals surface area contributed by atoms with Gasteiger partial charge in [0.1, 0.15) is 6.61 Å². The summed E-state index contributed by atoms with van der Waals surface area (Å²) in [6.07, 6.45) is 64.4. The van der Waals surface area contributed by atoms with E-state index in [2.05, 4.69) is 57.2 Å². The zero-order valence-corrected chi connectivity index (χ0v) is 41.9. The maximum Gasteiger partial charge on any atom is 0.306 e. The molecule has 0 aliphatic heterocycles. The number of ether oxygens (including phenoxy) is 3. The SMILES string of the molecule is CCCCC/C=C\C/C=C\CCCCCCCC(=O)OC[C@@H](COCCCCCCCCCCCCCCCCCC)OC(=O)CCCCCCC/C=C\CCCCCCCC. The van der Waals surface area contributed by atoms with Crippen LogP contribution in [0.2, 0.25) is 0 Å². The number of unbranched alkanes of at least 4 members (excludes halogenated alkanes) is 34. The normalized spacial score (nSPS) is 12.4. The first-order valence-corrected chi connectivity index (χ1v) is 27.5. The van der Waals surface area contributed by atoms with E-state index in [9.17, 15) is 9.59 Å². The van der Waals surface area contributed by atoms with Gasteiger partial charge in [0.2, 0.25) is 0 Å². The average molecular weight is 871 g/mol. The van der Waals surface area contributed by atoms with Crippen LogP contribution in [-0.4, -0.2) is 37.9 Å². The maximum absolute atomic E-state index is 12.8. The van der Waals surface area contributed by atoms with E-state index < -0.39 is 6.10 Å². The van der Waals surface area contributed by atoms with E-state index in [0.29, 0.717) is 19.4 Å². The molecule has 0 unspecified atom stereocenters. The molecule has 0 amide bonds. The Morgan fingerprint density at radius 1 is 0.355 bits per heavy atom. The molecule has 1 atom stereocenters. The van der Waals surface area contributed by atoms with Gasteiger partial charge >= 0.3 is 11.9 Å². The van der Waals surface area contributed by atoms with Crippen molar-refractivity contribution in [3.8, 4) is 0 Å². The molecule has 0 aliphatic rings. The number of carbonyl (C=O) groups excluding carboxylic acids is 2. The Bertz CT molecular complexity index is 986. The number of hydrogen-bond acceptors (Lipinski definition) is 5. The summed E-state index contributed by atoms with van der Waals surface area (Å²) in [5.41, 5.74) is 0. The van der Waals surface area contributed by atoms with Crippen LogP contribution in [-0.2, 0) is 23.8 Å². The molecule has 5 heteroatoms. The molecule has 364 valence electrons. The van der Waals surface area contributed by atoms with Crippen molar-refractivity contribution in [3.05, 3.63) is 36.5 Å². The standard InChI is InChI=1S/C57H106O5/c1-4-7-10-13-16-19-22-25-28-31-34-37-40-43-46-49-52-60-53-55(62-57(59)51-48-45-42-39-36-33-30-27-24-21-18-15-12-9-6-3)54-61-56(58)50-47-44-41-38-35-32-29-26-23-20-17-14-11-8-5-2/h17,20,26-27,29-30,55H,4-16,18-19,21-25,28,31-54H2,1-3H3/b20-17-,29-26-,30-27-/t55-/m1/s1. The van der Waals surface area contributed by atoms with Gasteiger partial charge in [0.15, 0.2) is 6.10 Å². The van der Waals surface area contributed by atoms with Crippen molar-refractivity contribution in [1.29, 1.82) is 0 Å². The smallest absolute Gasteiger partial charge is 0.306 e. The minimum absolute atomic E-state index is 0.0795. The summed E-state index contributed by atoms with van der Waals surface area (Å²) < 4.78 is 17.4. The lowest BCUT2D eigenvalue weighted by molar-refractivity contribution is -0.163. The van der Waals surface area contributed by atoms with E-state index in [4.69, 9.17) is 14.2 Å². The van der Waals surface area contributed by atoms with E-state index >= 15 is 0 Å². The third-order valence-electron chi connectivity index (χ3n) is 12.1. The second kappa shape index (κ2) is 53.5. The van der Waals surface area contributed by atoms with Crippen molar-refractivity contribution < 1.29 is 23.8 Å². The van der Waals surface area contributed by atoms with Crippen molar-refractivity contribution in [2.24, 2.45) is 0 Å². The Labute approximate surface area is 387 Å². The lowest BCUT2D eigenvalue weighted by Gasteiger charge is -2.18. The van der Waals surface area contributed by atoms with Crippen molar-refractivity contribution in [3.63, 3.8) is 0 Å². The van der Waals surface area contributed by atoms with Crippen LogP contribution >= 0.6 is 0 Å². The van der Waals surface area contributed by atoms with Gasteiger partial charge in [-0.1, -0.05) is 237 Å². The van der Waals surface area contributed by atoms with Crippen molar-refractivity contribution in [2.75, 3.05) is 19.8 Å². The Hall–Kier alpha value is -1.88. The third kappa shape index (κ3) is 50.8. The van der Waals surface area contributed by atoms with Crippen LogP contribution in [0.25, 0.3) is 0 Å².